The van der Waals surface area contributed by atoms with Crippen molar-refractivity contribution in [2.75, 3.05) is 31.1 Å². The molecule has 0 N–H and O–H groups in total. The minimum atomic E-state index is 0.147. The molecule has 0 aromatic carbocycles. The summed E-state index contributed by atoms with van der Waals surface area (Å²) < 4.78 is 1.14. The summed E-state index contributed by atoms with van der Waals surface area (Å²) in [6, 6.07) is 0. The monoisotopic (exact) mass is 302 g/mol. The maximum Gasteiger partial charge on any atom is 0.229 e. The Hall–Kier alpha value is -1.69. The molecule has 0 aliphatic carbocycles. The van der Waals surface area contributed by atoms with Gasteiger partial charge in [-0.15, -0.1) is 11.3 Å². The second-order valence-electron chi connectivity index (χ2n) is 5.93. The highest BCUT2D eigenvalue weighted by atomic mass is 32.1. The van der Waals surface area contributed by atoms with E-state index in [1.54, 1.807) is 17.7 Å². The van der Waals surface area contributed by atoms with Gasteiger partial charge >= 0.3 is 0 Å². The summed E-state index contributed by atoms with van der Waals surface area (Å²) >= 11 is 1.69. The molecule has 0 saturated carbocycles. The van der Waals surface area contributed by atoms with Crippen LogP contribution in [0, 0.1) is 12.8 Å². The molecule has 2 aromatic heterocycles. The molecule has 2 saturated heterocycles. The van der Waals surface area contributed by atoms with Gasteiger partial charge in [0.25, 0.3) is 0 Å². The van der Waals surface area contributed by atoms with Gasteiger partial charge in [-0.05, 0) is 30.7 Å². The SMILES string of the molecule is Cc1csc2c(N3CC(C(=O)N4CCCC4)C3)ncnc12. The zero-order chi connectivity index (χ0) is 14.4. The molecule has 1 amide bonds. The number of amides is 1. The van der Waals surface area contributed by atoms with Crippen LogP contribution in [0.4, 0.5) is 5.82 Å². The zero-order valence-electron chi connectivity index (χ0n) is 12.1. The Morgan fingerprint density at radius 3 is 2.81 bits per heavy atom. The van der Waals surface area contributed by atoms with Crippen molar-refractivity contribution in [2.45, 2.75) is 19.8 Å². The van der Waals surface area contributed by atoms with Gasteiger partial charge in [-0.2, -0.15) is 0 Å². The van der Waals surface area contributed by atoms with Gasteiger partial charge in [-0.1, -0.05) is 0 Å². The molecule has 0 bridgehead atoms. The fourth-order valence-corrected chi connectivity index (χ4v) is 4.20. The Balaban J connectivity index is 1.50. The second-order valence-corrected chi connectivity index (χ2v) is 6.81. The van der Waals surface area contributed by atoms with Crippen LogP contribution in [0.3, 0.4) is 0 Å². The standard InChI is InChI=1S/C15H18N4OS/c1-10-8-21-13-12(10)16-9-17-14(13)19-6-11(7-19)15(20)18-4-2-3-5-18/h8-9,11H,2-7H2,1H3. The molecule has 0 unspecified atom stereocenters. The average Bonchev–Trinajstić information content (AvgIpc) is 3.08. The van der Waals surface area contributed by atoms with Gasteiger partial charge in [0.15, 0.2) is 0 Å². The first kappa shape index (κ1) is 13.0. The van der Waals surface area contributed by atoms with Crippen molar-refractivity contribution >= 4 is 33.3 Å². The molecule has 6 heteroatoms. The highest BCUT2D eigenvalue weighted by Crippen LogP contribution is 2.34. The molecule has 2 aliphatic heterocycles. The number of carbonyl (C=O) groups excluding carboxylic acids is 1. The molecule has 2 aromatic rings. The molecule has 0 atom stereocenters. The van der Waals surface area contributed by atoms with E-state index in [0.29, 0.717) is 5.91 Å². The Labute approximate surface area is 127 Å². The molecule has 110 valence electrons. The Bertz CT molecular complexity index is 686. The van der Waals surface area contributed by atoms with E-state index in [9.17, 15) is 4.79 Å². The van der Waals surface area contributed by atoms with Crippen LogP contribution in [-0.4, -0.2) is 47.0 Å². The number of likely N-dealkylation sites (tertiary alicyclic amines) is 1. The fourth-order valence-electron chi connectivity index (χ4n) is 3.19. The van der Waals surface area contributed by atoms with E-state index in [2.05, 4.69) is 27.2 Å². The van der Waals surface area contributed by atoms with Crippen molar-refractivity contribution < 1.29 is 4.79 Å². The van der Waals surface area contributed by atoms with Crippen molar-refractivity contribution in [1.29, 1.82) is 0 Å². The number of aryl methyl sites for hydroxylation is 1. The van der Waals surface area contributed by atoms with Gasteiger partial charge in [0.05, 0.1) is 16.1 Å². The van der Waals surface area contributed by atoms with Crippen LogP contribution in [-0.2, 0) is 4.79 Å². The fraction of sp³-hybridized carbons (Fsp3) is 0.533. The third-order valence-electron chi connectivity index (χ3n) is 4.46. The van der Waals surface area contributed by atoms with Crippen LogP contribution in [0.1, 0.15) is 18.4 Å². The maximum absolute atomic E-state index is 12.3. The van der Waals surface area contributed by atoms with Crippen LogP contribution < -0.4 is 4.90 Å². The van der Waals surface area contributed by atoms with E-state index in [-0.39, 0.29) is 5.92 Å². The van der Waals surface area contributed by atoms with Crippen molar-refractivity contribution in [3.05, 3.63) is 17.3 Å². The Kier molecular flexibility index (Phi) is 3.06. The number of nitrogens with zero attached hydrogens (tertiary/aromatic N) is 4. The van der Waals surface area contributed by atoms with Gasteiger partial charge in [0, 0.05) is 26.2 Å². The number of hydrogen-bond acceptors (Lipinski definition) is 5. The van der Waals surface area contributed by atoms with Crippen LogP contribution in [0.2, 0.25) is 0 Å². The van der Waals surface area contributed by atoms with Crippen LogP contribution in [0.25, 0.3) is 10.2 Å². The molecule has 2 fully saturated rings. The molecule has 0 spiro atoms. The summed E-state index contributed by atoms with van der Waals surface area (Å²) in [6.45, 7) is 5.54. The van der Waals surface area contributed by atoms with Gasteiger partial charge in [-0.3, -0.25) is 4.79 Å². The number of thiophene rings is 1. The largest absolute Gasteiger partial charge is 0.354 e. The van der Waals surface area contributed by atoms with Crippen LogP contribution in [0.15, 0.2) is 11.7 Å². The number of aromatic nitrogens is 2. The lowest BCUT2D eigenvalue weighted by Crippen LogP contribution is -2.54. The van der Waals surface area contributed by atoms with Crippen molar-refractivity contribution in [3.8, 4) is 0 Å². The predicted molar refractivity (Wildman–Crippen MR) is 83.7 cm³/mol. The van der Waals surface area contributed by atoms with Crippen molar-refractivity contribution in [2.24, 2.45) is 5.92 Å². The third-order valence-corrected chi connectivity index (χ3v) is 5.54. The quantitative estimate of drug-likeness (QED) is 0.852. The lowest BCUT2D eigenvalue weighted by atomic mass is 9.98. The summed E-state index contributed by atoms with van der Waals surface area (Å²) in [4.78, 5) is 25.4. The number of rotatable bonds is 2. The van der Waals surface area contributed by atoms with Crippen LogP contribution >= 0.6 is 11.3 Å². The van der Waals surface area contributed by atoms with E-state index >= 15 is 0 Å². The molecule has 21 heavy (non-hydrogen) atoms. The van der Waals surface area contributed by atoms with Crippen LogP contribution in [0.5, 0.6) is 0 Å². The molecule has 4 heterocycles. The lowest BCUT2D eigenvalue weighted by Gasteiger charge is -2.40. The number of carbonyl (C=O) groups is 1. The minimum Gasteiger partial charge on any atom is -0.354 e. The summed E-state index contributed by atoms with van der Waals surface area (Å²) in [6.07, 6.45) is 3.94. The number of fused-ring (bicyclic) bond motifs is 1. The molecule has 2 aliphatic rings. The summed E-state index contributed by atoms with van der Waals surface area (Å²) in [5, 5.41) is 2.12. The lowest BCUT2D eigenvalue weighted by molar-refractivity contribution is -0.135. The maximum atomic E-state index is 12.3. The zero-order valence-corrected chi connectivity index (χ0v) is 12.9. The predicted octanol–water partition coefficient (Wildman–Crippen LogP) is 2.06. The van der Waals surface area contributed by atoms with Crippen molar-refractivity contribution in [3.63, 3.8) is 0 Å². The van der Waals surface area contributed by atoms with E-state index in [0.717, 1.165) is 55.1 Å². The molecule has 4 rings (SSSR count). The summed E-state index contributed by atoms with van der Waals surface area (Å²) in [7, 11) is 0. The number of hydrogen-bond donors (Lipinski definition) is 0. The molecular weight excluding hydrogens is 284 g/mol. The third kappa shape index (κ3) is 2.09. The van der Waals surface area contributed by atoms with Gasteiger partial charge < -0.3 is 9.80 Å². The normalized spacial score (nSPS) is 19.3. The van der Waals surface area contributed by atoms with E-state index in [1.165, 1.54) is 5.56 Å². The molecule has 0 radical (unpaired) electrons. The topological polar surface area (TPSA) is 49.3 Å². The first-order valence-corrected chi connectivity index (χ1v) is 8.34. The smallest absolute Gasteiger partial charge is 0.229 e. The second kappa shape index (κ2) is 4.94. The van der Waals surface area contributed by atoms with Gasteiger partial charge in [-0.25, -0.2) is 9.97 Å². The van der Waals surface area contributed by atoms with Gasteiger partial charge in [0.1, 0.15) is 12.1 Å². The number of anilines is 1. The first-order valence-electron chi connectivity index (χ1n) is 7.46. The first-order chi connectivity index (χ1) is 10.2. The Morgan fingerprint density at radius 2 is 2.05 bits per heavy atom. The average molecular weight is 302 g/mol. The highest BCUT2D eigenvalue weighted by molar-refractivity contribution is 7.18. The molecule has 5 nitrogen and oxygen atoms in total. The van der Waals surface area contributed by atoms with E-state index < -0.39 is 0 Å². The summed E-state index contributed by atoms with van der Waals surface area (Å²) in [5.74, 6) is 1.47. The van der Waals surface area contributed by atoms with E-state index in [4.69, 9.17) is 0 Å². The minimum absolute atomic E-state index is 0.147. The highest BCUT2D eigenvalue weighted by Gasteiger charge is 2.37. The van der Waals surface area contributed by atoms with E-state index in [1.807, 2.05) is 4.90 Å². The molecular formula is C15H18N4OS. The van der Waals surface area contributed by atoms with Gasteiger partial charge in [0.2, 0.25) is 5.91 Å². The van der Waals surface area contributed by atoms with Crippen molar-refractivity contribution in [1.82, 2.24) is 14.9 Å². The Morgan fingerprint density at radius 1 is 1.29 bits per heavy atom. The summed E-state index contributed by atoms with van der Waals surface area (Å²) in [5.41, 5.74) is 2.24.